The van der Waals surface area contributed by atoms with Gasteiger partial charge in [-0.3, -0.25) is 0 Å². The molecule has 0 aliphatic rings. The van der Waals surface area contributed by atoms with E-state index in [1.165, 1.54) is 16.8 Å². The Morgan fingerprint density at radius 2 is 1.92 bits per heavy atom. The minimum Gasteiger partial charge on any atom is -0.463 e. The van der Waals surface area contributed by atoms with Crippen LogP contribution in [-0.2, 0) is 11.5 Å². The molecule has 0 amide bonds. The number of benzene rings is 1. The lowest BCUT2D eigenvalue weighted by molar-refractivity contribution is 0.580. The number of hydrogen-bond acceptors (Lipinski definition) is 3. The monoisotopic (exact) mass is 334 g/mol. The summed E-state index contributed by atoms with van der Waals surface area (Å²) < 4.78 is 7.77. The molecule has 0 spiro atoms. The van der Waals surface area contributed by atoms with Crippen molar-refractivity contribution in [2.24, 2.45) is 0 Å². The van der Waals surface area contributed by atoms with Gasteiger partial charge in [0.25, 0.3) is 0 Å². The highest BCUT2D eigenvalue weighted by Crippen LogP contribution is 2.29. The van der Waals surface area contributed by atoms with Gasteiger partial charge in [-0.1, -0.05) is 30.3 Å². The number of fused-ring (bicyclic) bond motifs is 1. The predicted molar refractivity (Wildman–Crippen MR) is 99.1 cm³/mol. The van der Waals surface area contributed by atoms with Crippen LogP contribution in [0.25, 0.3) is 17.1 Å². The van der Waals surface area contributed by atoms with Crippen molar-refractivity contribution in [2.45, 2.75) is 18.4 Å². The Hall–Kier alpha value is -2.46. The zero-order valence-corrected chi connectivity index (χ0v) is 14.3. The minimum absolute atomic E-state index is 0.826. The fourth-order valence-corrected chi connectivity index (χ4v) is 3.78. The highest BCUT2D eigenvalue weighted by Gasteiger charge is 2.16. The standard InChI is InChI=1S/C20H18N2OS/c1-15-9-10-22-17(14-24-13-16-6-3-2-4-7-16)20(21-19(22)12-15)18-8-5-11-23-18/h2-12H,13-14H2,1H3. The number of rotatable bonds is 5. The fraction of sp³-hybridized carbons (Fsp3) is 0.150. The first-order valence-electron chi connectivity index (χ1n) is 7.94. The number of aromatic nitrogens is 2. The van der Waals surface area contributed by atoms with Crippen molar-refractivity contribution in [2.75, 3.05) is 0 Å². The van der Waals surface area contributed by atoms with E-state index in [0.29, 0.717) is 0 Å². The van der Waals surface area contributed by atoms with Crippen molar-refractivity contribution in [3.05, 3.63) is 83.9 Å². The maximum Gasteiger partial charge on any atom is 0.154 e. The molecule has 0 saturated heterocycles. The number of aryl methyl sites for hydroxylation is 1. The third kappa shape index (κ3) is 2.97. The van der Waals surface area contributed by atoms with E-state index in [1.807, 2.05) is 23.9 Å². The molecule has 120 valence electrons. The Labute approximate surface area is 145 Å². The molecule has 3 aromatic heterocycles. The van der Waals surface area contributed by atoms with Gasteiger partial charge in [-0.25, -0.2) is 4.98 Å². The van der Waals surface area contributed by atoms with Crippen LogP contribution in [0, 0.1) is 6.92 Å². The van der Waals surface area contributed by atoms with Gasteiger partial charge in [0.05, 0.1) is 12.0 Å². The number of thioether (sulfide) groups is 1. The molecule has 0 aliphatic heterocycles. The molecular formula is C20H18N2OS. The number of furan rings is 1. The predicted octanol–water partition coefficient (Wildman–Crippen LogP) is 5.34. The van der Waals surface area contributed by atoms with Crippen LogP contribution in [0.5, 0.6) is 0 Å². The second-order valence-electron chi connectivity index (χ2n) is 5.80. The molecule has 0 radical (unpaired) electrons. The van der Waals surface area contributed by atoms with Crippen LogP contribution < -0.4 is 0 Å². The van der Waals surface area contributed by atoms with E-state index in [-0.39, 0.29) is 0 Å². The summed E-state index contributed by atoms with van der Waals surface area (Å²) in [6.07, 6.45) is 3.80. The molecule has 0 saturated carbocycles. The van der Waals surface area contributed by atoms with Crippen molar-refractivity contribution in [1.82, 2.24) is 9.38 Å². The van der Waals surface area contributed by atoms with E-state index in [1.54, 1.807) is 6.26 Å². The van der Waals surface area contributed by atoms with Gasteiger partial charge in [-0.15, -0.1) is 0 Å². The average Bonchev–Trinajstić information content (AvgIpc) is 3.23. The molecule has 0 aliphatic carbocycles. The summed E-state index contributed by atoms with van der Waals surface area (Å²) in [6, 6.07) is 18.7. The van der Waals surface area contributed by atoms with Crippen LogP contribution in [0.15, 0.2) is 71.5 Å². The van der Waals surface area contributed by atoms with Crippen molar-refractivity contribution < 1.29 is 4.42 Å². The van der Waals surface area contributed by atoms with E-state index >= 15 is 0 Å². The van der Waals surface area contributed by atoms with Gasteiger partial charge in [0.1, 0.15) is 11.3 Å². The lowest BCUT2D eigenvalue weighted by Gasteiger charge is -2.05. The van der Waals surface area contributed by atoms with E-state index in [0.717, 1.165) is 28.6 Å². The second-order valence-corrected chi connectivity index (χ2v) is 6.78. The molecule has 4 heteroatoms. The third-order valence-electron chi connectivity index (χ3n) is 3.99. The van der Waals surface area contributed by atoms with Crippen LogP contribution >= 0.6 is 11.8 Å². The maximum atomic E-state index is 5.60. The molecule has 0 bridgehead atoms. The number of hydrogen-bond donors (Lipinski definition) is 0. The Morgan fingerprint density at radius 3 is 2.71 bits per heavy atom. The van der Waals surface area contributed by atoms with Gasteiger partial charge in [-0.2, -0.15) is 11.8 Å². The maximum absolute atomic E-state index is 5.60. The van der Waals surface area contributed by atoms with Crippen LogP contribution in [0.4, 0.5) is 0 Å². The summed E-state index contributed by atoms with van der Waals surface area (Å²) in [5.74, 6) is 2.69. The van der Waals surface area contributed by atoms with Crippen LogP contribution in [-0.4, -0.2) is 9.38 Å². The van der Waals surface area contributed by atoms with Crippen LogP contribution in [0.3, 0.4) is 0 Å². The first-order chi connectivity index (χ1) is 11.8. The average molecular weight is 334 g/mol. The largest absolute Gasteiger partial charge is 0.463 e. The summed E-state index contributed by atoms with van der Waals surface area (Å²) in [5, 5.41) is 0. The molecule has 4 rings (SSSR count). The molecule has 3 nitrogen and oxygen atoms in total. The summed E-state index contributed by atoms with van der Waals surface area (Å²) in [4.78, 5) is 4.80. The third-order valence-corrected chi connectivity index (χ3v) is 5.00. The fourth-order valence-electron chi connectivity index (χ4n) is 2.79. The molecule has 4 aromatic rings. The van der Waals surface area contributed by atoms with Gasteiger partial charge >= 0.3 is 0 Å². The molecular weight excluding hydrogens is 316 g/mol. The van der Waals surface area contributed by atoms with Crippen molar-refractivity contribution in [1.29, 1.82) is 0 Å². The second kappa shape index (κ2) is 6.57. The zero-order chi connectivity index (χ0) is 16.4. The molecule has 0 unspecified atom stereocenters. The molecule has 24 heavy (non-hydrogen) atoms. The van der Waals surface area contributed by atoms with Crippen LogP contribution in [0.1, 0.15) is 16.8 Å². The smallest absolute Gasteiger partial charge is 0.154 e. The van der Waals surface area contributed by atoms with Gasteiger partial charge in [-0.05, 0) is 42.3 Å². The Kier molecular flexibility index (Phi) is 4.13. The first kappa shape index (κ1) is 15.1. The number of nitrogens with zero attached hydrogens (tertiary/aromatic N) is 2. The highest BCUT2D eigenvalue weighted by atomic mass is 32.2. The first-order valence-corrected chi connectivity index (χ1v) is 9.10. The van der Waals surface area contributed by atoms with Gasteiger partial charge in [0.2, 0.25) is 0 Å². The van der Waals surface area contributed by atoms with Gasteiger partial charge in [0, 0.05) is 17.7 Å². The summed E-state index contributed by atoms with van der Waals surface area (Å²) in [6.45, 7) is 2.09. The van der Waals surface area contributed by atoms with E-state index in [9.17, 15) is 0 Å². The Balaban J connectivity index is 1.66. The topological polar surface area (TPSA) is 30.4 Å². The summed E-state index contributed by atoms with van der Waals surface area (Å²) in [5.41, 5.74) is 5.64. The number of pyridine rings is 1. The number of imidazole rings is 1. The minimum atomic E-state index is 0.826. The van der Waals surface area contributed by atoms with Gasteiger partial charge in [0.15, 0.2) is 5.76 Å². The van der Waals surface area contributed by atoms with E-state index in [4.69, 9.17) is 9.40 Å². The Morgan fingerprint density at radius 1 is 1.04 bits per heavy atom. The molecule has 0 fully saturated rings. The van der Waals surface area contributed by atoms with E-state index in [2.05, 4.69) is 60.0 Å². The lowest BCUT2D eigenvalue weighted by atomic mass is 10.2. The van der Waals surface area contributed by atoms with Crippen LogP contribution in [0.2, 0.25) is 0 Å². The quantitative estimate of drug-likeness (QED) is 0.494. The molecule has 0 atom stereocenters. The molecule has 1 aromatic carbocycles. The normalized spacial score (nSPS) is 11.2. The lowest BCUT2D eigenvalue weighted by Crippen LogP contribution is -1.93. The molecule has 3 heterocycles. The van der Waals surface area contributed by atoms with Crippen molar-refractivity contribution in [3.8, 4) is 11.5 Å². The SMILES string of the molecule is Cc1ccn2c(CSCc3ccccc3)c(-c3ccco3)nc2c1. The summed E-state index contributed by atoms with van der Waals surface area (Å²) in [7, 11) is 0. The van der Waals surface area contributed by atoms with Crippen molar-refractivity contribution >= 4 is 17.4 Å². The zero-order valence-electron chi connectivity index (χ0n) is 13.5. The highest BCUT2D eigenvalue weighted by molar-refractivity contribution is 7.97. The molecule has 0 N–H and O–H groups in total. The summed E-state index contributed by atoms with van der Waals surface area (Å²) >= 11 is 1.89. The van der Waals surface area contributed by atoms with E-state index < -0.39 is 0 Å². The van der Waals surface area contributed by atoms with Gasteiger partial charge < -0.3 is 8.82 Å². The van der Waals surface area contributed by atoms with Crippen molar-refractivity contribution in [3.63, 3.8) is 0 Å². The Bertz CT molecular complexity index is 943.